The molecular weight excluding hydrogens is 485 g/mol. The van der Waals surface area contributed by atoms with Crippen LogP contribution >= 0.6 is 0 Å². The molecule has 1 fully saturated rings. The van der Waals surface area contributed by atoms with Crippen LogP contribution in [-0.2, 0) is 20.9 Å². The van der Waals surface area contributed by atoms with Crippen molar-refractivity contribution in [2.75, 3.05) is 6.54 Å². The van der Waals surface area contributed by atoms with E-state index in [1.165, 1.54) is 12.1 Å². The van der Waals surface area contributed by atoms with Crippen LogP contribution in [0, 0.1) is 23.6 Å². The molecule has 0 aliphatic carbocycles. The van der Waals surface area contributed by atoms with E-state index in [4.69, 9.17) is 0 Å². The average Bonchev–Trinajstić information content (AvgIpc) is 3.07. The third-order valence-corrected chi connectivity index (χ3v) is 7.17. The van der Waals surface area contributed by atoms with Crippen molar-refractivity contribution in [1.29, 1.82) is 0 Å². The highest BCUT2D eigenvalue weighted by molar-refractivity contribution is 5.91. The largest absolute Gasteiger partial charge is 0.344 e. The third kappa shape index (κ3) is 7.87. The summed E-state index contributed by atoms with van der Waals surface area (Å²) in [6, 6.07) is 13.5. The lowest BCUT2D eigenvalue weighted by Gasteiger charge is -2.29. The van der Waals surface area contributed by atoms with Crippen molar-refractivity contribution in [2.45, 2.75) is 71.9 Å². The van der Waals surface area contributed by atoms with Gasteiger partial charge in [0.2, 0.25) is 17.7 Å². The fraction of sp³-hybridized carbons (Fsp3) is 0.500. The molecule has 0 saturated carbocycles. The Hall–Kier alpha value is -3.26. The van der Waals surface area contributed by atoms with Gasteiger partial charge in [0.25, 0.3) is 0 Å². The predicted octanol–water partition coefficient (Wildman–Crippen LogP) is 5.07. The number of hydrogen-bond donors (Lipinski definition) is 3. The topological polar surface area (TPSA) is 98.7 Å². The highest BCUT2D eigenvalue weighted by Crippen LogP contribution is 2.27. The zero-order valence-corrected chi connectivity index (χ0v) is 22.6. The van der Waals surface area contributed by atoms with Crippen LogP contribution in [0.15, 0.2) is 48.5 Å². The van der Waals surface area contributed by atoms with Gasteiger partial charge in [-0.05, 0) is 72.9 Å². The summed E-state index contributed by atoms with van der Waals surface area (Å²) in [5.41, 5.74) is 4.51. The molecule has 2 unspecified atom stereocenters. The molecule has 7 nitrogen and oxygen atoms in total. The van der Waals surface area contributed by atoms with Gasteiger partial charge in [-0.15, -0.1) is 0 Å². The standard InChI is InChI=1S/C30H40FN3O4/c1-4-8-25(29(36)33-38)26(17-20(2)3)28(35)32-27-11-5-6-16-34(30(27)37)19-21-9-7-10-23(18-21)22-12-14-24(31)15-13-22/h7,9-10,12-15,18,20,25-27,38H,4-6,8,11,16-17,19H2,1-3H3,(H,32,35)(H,33,36)/t25?,26?,27-/m0/s1. The van der Waals surface area contributed by atoms with Crippen LogP contribution in [0.5, 0.6) is 0 Å². The molecule has 3 atom stereocenters. The van der Waals surface area contributed by atoms with Gasteiger partial charge in [-0.1, -0.05) is 57.5 Å². The monoisotopic (exact) mass is 525 g/mol. The molecule has 1 heterocycles. The van der Waals surface area contributed by atoms with E-state index in [0.29, 0.717) is 38.8 Å². The Bertz CT molecular complexity index is 1090. The molecule has 3 N–H and O–H groups in total. The fourth-order valence-corrected chi connectivity index (χ4v) is 5.26. The molecule has 8 heteroatoms. The Morgan fingerprint density at radius 2 is 1.79 bits per heavy atom. The molecule has 206 valence electrons. The number of nitrogens with zero attached hydrogens (tertiary/aromatic N) is 1. The van der Waals surface area contributed by atoms with Gasteiger partial charge in [0.15, 0.2) is 0 Å². The van der Waals surface area contributed by atoms with Crippen molar-refractivity contribution in [2.24, 2.45) is 17.8 Å². The summed E-state index contributed by atoms with van der Waals surface area (Å²) in [5, 5.41) is 12.2. The normalized spacial score (nSPS) is 17.6. The molecule has 3 amide bonds. The lowest BCUT2D eigenvalue weighted by molar-refractivity contribution is -0.143. The molecule has 1 saturated heterocycles. The molecular formula is C30H40FN3O4. The summed E-state index contributed by atoms with van der Waals surface area (Å²) in [7, 11) is 0. The van der Waals surface area contributed by atoms with E-state index in [-0.39, 0.29) is 23.5 Å². The zero-order valence-electron chi connectivity index (χ0n) is 22.6. The second-order valence-electron chi connectivity index (χ2n) is 10.6. The van der Waals surface area contributed by atoms with E-state index in [2.05, 4.69) is 5.32 Å². The lowest BCUT2D eigenvalue weighted by atomic mass is 9.81. The highest BCUT2D eigenvalue weighted by Gasteiger charge is 2.36. The molecule has 2 aromatic carbocycles. The molecule has 0 radical (unpaired) electrons. The number of nitrogens with one attached hydrogen (secondary N) is 2. The van der Waals surface area contributed by atoms with Gasteiger partial charge in [-0.3, -0.25) is 19.6 Å². The second-order valence-corrected chi connectivity index (χ2v) is 10.6. The number of carbonyl (C=O) groups excluding carboxylic acids is 3. The van der Waals surface area contributed by atoms with Crippen molar-refractivity contribution in [1.82, 2.24) is 15.7 Å². The van der Waals surface area contributed by atoms with Crippen molar-refractivity contribution >= 4 is 17.7 Å². The van der Waals surface area contributed by atoms with Gasteiger partial charge in [0, 0.05) is 19.0 Å². The van der Waals surface area contributed by atoms with Gasteiger partial charge >= 0.3 is 0 Å². The number of halogens is 1. The number of carbonyl (C=O) groups is 3. The van der Waals surface area contributed by atoms with E-state index >= 15 is 0 Å². The predicted molar refractivity (Wildman–Crippen MR) is 144 cm³/mol. The van der Waals surface area contributed by atoms with Crippen LogP contribution in [0.25, 0.3) is 11.1 Å². The first kappa shape index (κ1) is 29.3. The summed E-state index contributed by atoms with van der Waals surface area (Å²) in [4.78, 5) is 41.2. The minimum atomic E-state index is -0.668. The van der Waals surface area contributed by atoms with Crippen LogP contribution in [0.1, 0.15) is 64.9 Å². The molecule has 0 spiro atoms. The van der Waals surface area contributed by atoms with Crippen molar-refractivity contribution < 1.29 is 24.0 Å². The van der Waals surface area contributed by atoms with Gasteiger partial charge in [-0.2, -0.15) is 0 Å². The first-order chi connectivity index (χ1) is 18.2. The molecule has 3 rings (SSSR count). The molecule has 0 bridgehead atoms. The number of benzene rings is 2. The number of likely N-dealkylation sites (tertiary alicyclic amines) is 1. The molecule has 1 aliphatic heterocycles. The summed E-state index contributed by atoms with van der Waals surface area (Å²) >= 11 is 0. The third-order valence-electron chi connectivity index (χ3n) is 7.17. The van der Waals surface area contributed by atoms with E-state index in [9.17, 15) is 24.0 Å². The van der Waals surface area contributed by atoms with Crippen molar-refractivity contribution in [3.63, 3.8) is 0 Å². The second kappa shape index (κ2) is 14.0. The SMILES string of the molecule is CCCC(C(=O)NO)C(CC(C)C)C(=O)N[C@H]1CCCCN(Cc2cccc(-c3ccc(F)cc3)c2)C1=O. The molecule has 38 heavy (non-hydrogen) atoms. The first-order valence-electron chi connectivity index (χ1n) is 13.6. The highest BCUT2D eigenvalue weighted by atomic mass is 19.1. The fourth-order valence-electron chi connectivity index (χ4n) is 5.26. The lowest BCUT2D eigenvalue weighted by Crippen LogP contribution is -2.51. The van der Waals surface area contributed by atoms with Crippen LogP contribution in [0.4, 0.5) is 4.39 Å². The van der Waals surface area contributed by atoms with Gasteiger partial charge in [-0.25, -0.2) is 9.87 Å². The minimum Gasteiger partial charge on any atom is -0.344 e. The number of amides is 3. The Morgan fingerprint density at radius 1 is 1.05 bits per heavy atom. The van der Waals surface area contributed by atoms with Gasteiger partial charge in [0.05, 0.1) is 5.92 Å². The van der Waals surface area contributed by atoms with Crippen molar-refractivity contribution in [3.05, 3.63) is 59.9 Å². The number of rotatable bonds is 11. The van der Waals surface area contributed by atoms with E-state index in [1.54, 1.807) is 22.5 Å². The summed E-state index contributed by atoms with van der Waals surface area (Å²) < 4.78 is 13.3. The average molecular weight is 526 g/mol. The summed E-state index contributed by atoms with van der Waals surface area (Å²) in [5.74, 6) is -2.46. The maximum Gasteiger partial charge on any atom is 0.247 e. The molecule has 0 aromatic heterocycles. The number of hydroxylamine groups is 1. The van der Waals surface area contributed by atoms with Crippen molar-refractivity contribution in [3.8, 4) is 11.1 Å². The zero-order chi connectivity index (χ0) is 27.7. The Kier molecular flexibility index (Phi) is 10.8. The smallest absolute Gasteiger partial charge is 0.247 e. The molecule has 2 aromatic rings. The summed E-state index contributed by atoms with van der Waals surface area (Å²) in [6.07, 6.45) is 3.80. The number of hydrogen-bond acceptors (Lipinski definition) is 4. The van der Waals surface area contributed by atoms with E-state index in [1.807, 2.05) is 45.0 Å². The minimum absolute atomic E-state index is 0.134. The molecule has 1 aliphatic rings. The van der Waals surface area contributed by atoms with Gasteiger partial charge < -0.3 is 10.2 Å². The Morgan fingerprint density at radius 3 is 2.45 bits per heavy atom. The van der Waals surface area contributed by atoms with Crippen LogP contribution in [-0.4, -0.2) is 40.4 Å². The van der Waals surface area contributed by atoms with E-state index in [0.717, 1.165) is 29.5 Å². The first-order valence-corrected chi connectivity index (χ1v) is 13.6. The Balaban J connectivity index is 1.75. The van der Waals surface area contributed by atoms with Gasteiger partial charge in [0.1, 0.15) is 11.9 Å². The Labute approximate surface area is 224 Å². The van der Waals surface area contributed by atoms with Crippen LogP contribution in [0.3, 0.4) is 0 Å². The van der Waals surface area contributed by atoms with E-state index < -0.39 is 23.8 Å². The quantitative estimate of drug-likeness (QED) is 0.282. The summed E-state index contributed by atoms with van der Waals surface area (Å²) in [6.45, 7) is 6.89. The van der Waals surface area contributed by atoms with Crippen LogP contribution < -0.4 is 10.8 Å². The maximum absolute atomic E-state index is 13.6. The van der Waals surface area contributed by atoms with Crippen LogP contribution in [0.2, 0.25) is 0 Å². The maximum atomic E-state index is 13.6.